The Hall–Kier alpha value is -0.960. The normalized spacial score (nSPS) is 24.3. The van der Waals surface area contributed by atoms with Crippen molar-refractivity contribution in [3.05, 3.63) is 17.0 Å². The molecule has 2 rings (SSSR count). The monoisotopic (exact) mass is 291 g/mol. The van der Waals surface area contributed by atoms with Crippen LogP contribution >= 0.6 is 11.3 Å². The van der Waals surface area contributed by atoms with Gasteiger partial charge in [-0.05, 0) is 19.1 Å². The van der Waals surface area contributed by atoms with Gasteiger partial charge in [0.25, 0.3) is 0 Å². The van der Waals surface area contributed by atoms with E-state index >= 15 is 0 Å². The summed E-state index contributed by atoms with van der Waals surface area (Å²) in [5, 5.41) is 8.94. The molecule has 1 aromatic heterocycles. The van der Waals surface area contributed by atoms with E-state index in [1.54, 1.807) is 6.07 Å². The molecule has 2 heterocycles. The SMILES string of the molecule is Cc1ccc(S(=O)(=O)NC2COCC2C(=O)O)s1. The maximum atomic E-state index is 12.0. The Morgan fingerprint density at radius 1 is 1.50 bits per heavy atom. The molecule has 2 unspecified atom stereocenters. The highest BCUT2D eigenvalue weighted by atomic mass is 32.2. The fraction of sp³-hybridized carbons (Fsp3) is 0.500. The van der Waals surface area contributed by atoms with Crippen LogP contribution in [0, 0.1) is 12.8 Å². The second-order valence-corrected chi connectivity index (χ2v) is 7.30. The number of hydrogen-bond donors (Lipinski definition) is 2. The van der Waals surface area contributed by atoms with Gasteiger partial charge in [-0.15, -0.1) is 11.3 Å². The summed E-state index contributed by atoms with van der Waals surface area (Å²) in [7, 11) is -3.66. The third-order valence-electron chi connectivity index (χ3n) is 2.68. The van der Waals surface area contributed by atoms with Crippen molar-refractivity contribution in [2.45, 2.75) is 17.2 Å². The van der Waals surface area contributed by atoms with Gasteiger partial charge in [0, 0.05) is 4.88 Å². The van der Waals surface area contributed by atoms with Gasteiger partial charge in [-0.3, -0.25) is 4.79 Å². The van der Waals surface area contributed by atoms with Gasteiger partial charge >= 0.3 is 5.97 Å². The minimum absolute atomic E-state index is 0.0337. The fourth-order valence-corrected chi connectivity index (χ4v) is 4.29. The third-order valence-corrected chi connectivity index (χ3v) is 5.67. The topological polar surface area (TPSA) is 92.7 Å². The molecule has 1 aliphatic rings. The third kappa shape index (κ3) is 2.72. The quantitative estimate of drug-likeness (QED) is 0.839. The van der Waals surface area contributed by atoms with Crippen molar-refractivity contribution in [2.24, 2.45) is 5.92 Å². The maximum Gasteiger partial charge on any atom is 0.310 e. The van der Waals surface area contributed by atoms with Crippen molar-refractivity contribution in [3.8, 4) is 0 Å². The summed E-state index contributed by atoms with van der Waals surface area (Å²) >= 11 is 1.15. The lowest BCUT2D eigenvalue weighted by Crippen LogP contribution is -2.42. The Labute approximate surface area is 109 Å². The Kier molecular flexibility index (Phi) is 3.71. The van der Waals surface area contributed by atoms with Crippen LogP contribution < -0.4 is 4.72 Å². The van der Waals surface area contributed by atoms with E-state index in [9.17, 15) is 13.2 Å². The molecule has 1 saturated heterocycles. The Morgan fingerprint density at radius 3 is 2.78 bits per heavy atom. The van der Waals surface area contributed by atoms with E-state index < -0.39 is 28.0 Å². The number of sulfonamides is 1. The van der Waals surface area contributed by atoms with Crippen LogP contribution in [0.5, 0.6) is 0 Å². The lowest BCUT2D eigenvalue weighted by Gasteiger charge is -2.14. The van der Waals surface area contributed by atoms with Gasteiger partial charge in [0.2, 0.25) is 10.0 Å². The minimum Gasteiger partial charge on any atom is -0.481 e. The second-order valence-electron chi connectivity index (χ2n) is 4.08. The van der Waals surface area contributed by atoms with Crippen molar-refractivity contribution in [3.63, 3.8) is 0 Å². The first-order chi connectivity index (χ1) is 8.40. The van der Waals surface area contributed by atoms with Crippen LogP contribution in [-0.4, -0.2) is 38.7 Å². The number of aryl methyl sites for hydroxylation is 1. The van der Waals surface area contributed by atoms with Gasteiger partial charge < -0.3 is 9.84 Å². The molecule has 1 aromatic rings. The first kappa shape index (κ1) is 13.5. The first-order valence-corrected chi connectivity index (χ1v) is 7.59. The minimum atomic E-state index is -3.66. The van der Waals surface area contributed by atoms with E-state index in [1.807, 2.05) is 6.92 Å². The van der Waals surface area contributed by atoms with Crippen LogP contribution in [0.2, 0.25) is 0 Å². The average Bonchev–Trinajstić information content (AvgIpc) is 2.86. The van der Waals surface area contributed by atoms with E-state index in [-0.39, 0.29) is 17.4 Å². The van der Waals surface area contributed by atoms with Gasteiger partial charge in [-0.2, -0.15) is 0 Å². The number of aliphatic carboxylic acids is 1. The number of ether oxygens (including phenoxy) is 1. The number of hydrogen-bond acceptors (Lipinski definition) is 5. The predicted octanol–water partition coefficient (Wildman–Crippen LogP) is 0.434. The lowest BCUT2D eigenvalue weighted by atomic mass is 10.1. The van der Waals surface area contributed by atoms with Crippen molar-refractivity contribution < 1.29 is 23.1 Å². The fourth-order valence-electron chi connectivity index (χ4n) is 1.73. The van der Waals surface area contributed by atoms with Crippen LogP contribution in [0.3, 0.4) is 0 Å². The van der Waals surface area contributed by atoms with Gasteiger partial charge in [-0.25, -0.2) is 13.1 Å². The summed E-state index contributed by atoms with van der Waals surface area (Å²) in [5.74, 6) is -1.89. The smallest absolute Gasteiger partial charge is 0.310 e. The molecule has 18 heavy (non-hydrogen) atoms. The van der Waals surface area contributed by atoms with Crippen LogP contribution in [0.1, 0.15) is 4.88 Å². The van der Waals surface area contributed by atoms with Crippen molar-refractivity contribution in [1.29, 1.82) is 0 Å². The molecule has 0 spiro atoms. The van der Waals surface area contributed by atoms with E-state index in [0.717, 1.165) is 16.2 Å². The van der Waals surface area contributed by atoms with Crippen molar-refractivity contribution in [2.75, 3.05) is 13.2 Å². The van der Waals surface area contributed by atoms with Crippen molar-refractivity contribution >= 4 is 27.3 Å². The molecule has 2 atom stereocenters. The van der Waals surface area contributed by atoms with Crippen LogP contribution in [-0.2, 0) is 19.6 Å². The molecule has 0 aliphatic carbocycles. The highest BCUT2D eigenvalue weighted by Gasteiger charge is 2.37. The zero-order chi connectivity index (χ0) is 13.3. The number of rotatable bonds is 4. The van der Waals surface area contributed by atoms with E-state index in [2.05, 4.69) is 4.72 Å². The Morgan fingerprint density at radius 2 is 2.22 bits per heavy atom. The molecule has 0 amide bonds. The van der Waals surface area contributed by atoms with E-state index in [1.165, 1.54) is 6.07 Å². The Bertz CT molecular complexity index is 550. The highest BCUT2D eigenvalue weighted by Crippen LogP contribution is 2.23. The highest BCUT2D eigenvalue weighted by molar-refractivity contribution is 7.91. The molecule has 2 N–H and O–H groups in total. The molecule has 1 aliphatic heterocycles. The van der Waals surface area contributed by atoms with E-state index in [0.29, 0.717) is 0 Å². The van der Waals surface area contributed by atoms with Gasteiger partial charge in [0.05, 0.1) is 25.2 Å². The van der Waals surface area contributed by atoms with Crippen LogP contribution in [0.4, 0.5) is 0 Å². The summed E-state index contributed by atoms with van der Waals surface area (Å²) in [4.78, 5) is 11.8. The molecule has 100 valence electrons. The number of thiophene rings is 1. The molecule has 0 bridgehead atoms. The van der Waals surface area contributed by atoms with E-state index in [4.69, 9.17) is 9.84 Å². The summed E-state index contributed by atoms with van der Waals surface area (Å²) < 4.78 is 31.6. The number of nitrogens with one attached hydrogen (secondary N) is 1. The Balaban J connectivity index is 2.16. The van der Waals surface area contributed by atoms with Gasteiger partial charge in [0.1, 0.15) is 4.21 Å². The molecule has 6 nitrogen and oxygen atoms in total. The zero-order valence-electron chi connectivity index (χ0n) is 9.62. The summed E-state index contributed by atoms with van der Waals surface area (Å²) in [6.45, 7) is 1.93. The maximum absolute atomic E-state index is 12.0. The number of carboxylic acids is 1. The molecular formula is C10H13NO5S2. The second kappa shape index (κ2) is 4.96. The molecular weight excluding hydrogens is 278 g/mol. The average molecular weight is 291 g/mol. The van der Waals surface area contributed by atoms with Gasteiger partial charge in [-0.1, -0.05) is 0 Å². The molecule has 8 heteroatoms. The molecule has 0 radical (unpaired) electrons. The number of carbonyl (C=O) groups is 1. The van der Waals surface area contributed by atoms with Crippen LogP contribution in [0.15, 0.2) is 16.3 Å². The zero-order valence-corrected chi connectivity index (χ0v) is 11.3. The van der Waals surface area contributed by atoms with Crippen LogP contribution in [0.25, 0.3) is 0 Å². The largest absolute Gasteiger partial charge is 0.481 e. The lowest BCUT2D eigenvalue weighted by molar-refractivity contribution is -0.142. The molecule has 0 aromatic carbocycles. The van der Waals surface area contributed by atoms with Gasteiger partial charge in [0.15, 0.2) is 0 Å². The summed E-state index contributed by atoms with van der Waals surface area (Å²) in [5.41, 5.74) is 0. The standard InChI is InChI=1S/C10H13NO5S2/c1-6-2-3-9(17-6)18(14,15)11-8-5-16-4-7(8)10(12)13/h2-3,7-8,11H,4-5H2,1H3,(H,12,13). The summed E-state index contributed by atoms with van der Waals surface area (Å²) in [6.07, 6.45) is 0. The first-order valence-electron chi connectivity index (χ1n) is 5.29. The summed E-state index contributed by atoms with van der Waals surface area (Å²) in [6, 6.07) is 2.50. The number of carboxylic acid groups (broad SMARTS) is 1. The molecule has 0 saturated carbocycles. The van der Waals surface area contributed by atoms with Crippen molar-refractivity contribution in [1.82, 2.24) is 4.72 Å². The molecule has 1 fully saturated rings. The predicted molar refractivity (Wildman–Crippen MR) is 65.1 cm³/mol.